The molecule has 2 aromatic rings. The molecule has 0 aromatic heterocycles. The van der Waals surface area contributed by atoms with Crippen molar-refractivity contribution >= 4 is 23.3 Å². The van der Waals surface area contributed by atoms with Crippen molar-refractivity contribution in [3.8, 4) is 0 Å². The number of nitro benzene ring substituents is 1. The van der Waals surface area contributed by atoms with Crippen molar-refractivity contribution in [1.29, 1.82) is 0 Å². The Balaban J connectivity index is 1.89. The van der Waals surface area contributed by atoms with E-state index in [0.29, 0.717) is 32.0 Å². The zero-order valence-electron chi connectivity index (χ0n) is 17.3. The normalized spacial score (nSPS) is 14.5. The summed E-state index contributed by atoms with van der Waals surface area (Å²) in [6.45, 7) is 3.98. The zero-order valence-corrected chi connectivity index (χ0v) is 17.3. The van der Waals surface area contributed by atoms with Crippen LogP contribution in [0, 0.1) is 10.1 Å². The van der Waals surface area contributed by atoms with E-state index >= 15 is 0 Å². The largest absolute Gasteiger partial charge is 0.464 e. The molecule has 1 N–H and O–H groups in total. The van der Waals surface area contributed by atoms with Crippen molar-refractivity contribution in [2.75, 3.05) is 37.8 Å². The first-order chi connectivity index (χ1) is 15.0. The van der Waals surface area contributed by atoms with Gasteiger partial charge in [-0.25, -0.2) is 4.79 Å². The van der Waals surface area contributed by atoms with E-state index in [1.54, 1.807) is 13.0 Å². The number of amides is 1. The molecule has 1 atom stereocenters. The number of carbonyl (C=O) groups excluding carboxylic acids is 2. The van der Waals surface area contributed by atoms with Crippen LogP contribution < -0.4 is 10.2 Å². The molecule has 1 aliphatic heterocycles. The van der Waals surface area contributed by atoms with E-state index in [-0.39, 0.29) is 24.3 Å². The second kappa shape index (κ2) is 10.5. The number of nitrogens with one attached hydrogen (secondary N) is 1. The standard InChI is InChI=1S/C22H25N3O6/c1-2-31-22(27)19(14-16-6-4-3-5-7-16)23-21(26)18-15-17(25(28)29)8-9-20(18)24-10-12-30-13-11-24/h3-9,15,19H,2,10-14H2,1H3,(H,23,26). The highest BCUT2D eigenvalue weighted by atomic mass is 16.6. The first-order valence-electron chi connectivity index (χ1n) is 10.1. The highest BCUT2D eigenvalue weighted by Gasteiger charge is 2.27. The molecule has 1 fully saturated rings. The second-order valence-corrected chi connectivity index (χ2v) is 7.03. The van der Waals surface area contributed by atoms with Crippen LogP contribution in [0.5, 0.6) is 0 Å². The number of hydrogen-bond donors (Lipinski definition) is 1. The molecule has 164 valence electrons. The van der Waals surface area contributed by atoms with E-state index < -0.39 is 22.8 Å². The zero-order chi connectivity index (χ0) is 22.2. The van der Waals surface area contributed by atoms with Crippen molar-refractivity contribution in [2.45, 2.75) is 19.4 Å². The Morgan fingerprint density at radius 2 is 1.90 bits per heavy atom. The summed E-state index contributed by atoms with van der Waals surface area (Å²) in [5.74, 6) is -1.13. The van der Waals surface area contributed by atoms with Crippen LogP contribution in [0.15, 0.2) is 48.5 Å². The molecule has 1 saturated heterocycles. The van der Waals surface area contributed by atoms with Gasteiger partial charge in [-0.2, -0.15) is 0 Å². The summed E-state index contributed by atoms with van der Waals surface area (Å²) in [6, 6.07) is 12.5. The molecular formula is C22H25N3O6. The fraction of sp³-hybridized carbons (Fsp3) is 0.364. The smallest absolute Gasteiger partial charge is 0.328 e. The molecule has 9 heteroatoms. The van der Waals surface area contributed by atoms with E-state index in [4.69, 9.17) is 9.47 Å². The number of carbonyl (C=O) groups is 2. The second-order valence-electron chi connectivity index (χ2n) is 7.03. The molecule has 0 spiro atoms. The van der Waals surface area contributed by atoms with Crippen molar-refractivity contribution in [2.24, 2.45) is 0 Å². The number of hydrogen-bond acceptors (Lipinski definition) is 7. The van der Waals surface area contributed by atoms with Crippen molar-refractivity contribution in [1.82, 2.24) is 5.32 Å². The Bertz CT molecular complexity index is 928. The van der Waals surface area contributed by atoms with Crippen LogP contribution in [0.4, 0.5) is 11.4 Å². The first-order valence-corrected chi connectivity index (χ1v) is 10.1. The summed E-state index contributed by atoms with van der Waals surface area (Å²) in [4.78, 5) is 38.4. The first kappa shape index (κ1) is 22.2. The molecule has 0 bridgehead atoms. The molecule has 1 amide bonds. The molecule has 0 aliphatic carbocycles. The van der Waals surface area contributed by atoms with E-state index in [0.717, 1.165) is 5.56 Å². The molecule has 0 saturated carbocycles. The molecule has 1 heterocycles. The Morgan fingerprint density at radius 3 is 2.55 bits per heavy atom. The topological polar surface area (TPSA) is 111 Å². The van der Waals surface area contributed by atoms with E-state index in [1.807, 2.05) is 35.2 Å². The number of nitro groups is 1. The minimum Gasteiger partial charge on any atom is -0.464 e. The molecule has 0 radical (unpaired) electrons. The summed E-state index contributed by atoms with van der Waals surface area (Å²) in [5.41, 5.74) is 1.36. The number of non-ortho nitro benzene ring substituents is 1. The van der Waals surface area contributed by atoms with Gasteiger partial charge in [-0.1, -0.05) is 30.3 Å². The lowest BCUT2D eigenvalue weighted by Gasteiger charge is -2.30. The van der Waals surface area contributed by atoms with E-state index in [9.17, 15) is 19.7 Å². The van der Waals surface area contributed by atoms with Crippen molar-refractivity contribution in [3.05, 3.63) is 69.8 Å². The molecule has 31 heavy (non-hydrogen) atoms. The Morgan fingerprint density at radius 1 is 1.19 bits per heavy atom. The SMILES string of the molecule is CCOC(=O)C(Cc1ccccc1)NC(=O)c1cc([N+](=O)[O-])ccc1N1CCOCC1. The molecule has 1 aliphatic rings. The third kappa shape index (κ3) is 5.79. The highest BCUT2D eigenvalue weighted by molar-refractivity contribution is 6.02. The van der Waals surface area contributed by atoms with Gasteiger partial charge in [0.2, 0.25) is 0 Å². The molecule has 9 nitrogen and oxygen atoms in total. The van der Waals surface area contributed by atoms with E-state index in [1.165, 1.54) is 12.1 Å². The van der Waals surface area contributed by atoms with E-state index in [2.05, 4.69) is 5.32 Å². The summed E-state index contributed by atoms with van der Waals surface area (Å²) in [7, 11) is 0. The van der Waals surface area contributed by atoms with Gasteiger partial charge in [-0.05, 0) is 18.6 Å². The van der Waals surface area contributed by atoms with Crippen molar-refractivity contribution in [3.63, 3.8) is 0 Å². The number of morpholine rings is 1. The lowest BCUT2D eigenvalue weighted by molar-refractivity contribution is -0.384. The number of rotatable bonds is 8. The maximum Gasteiger partial charge on any atom is 0.328 e. The van der Waals surface area contributed by atoms with Crippen LogP contribution in [0.1, 0.15) is 22.8 Å². The fourth-order valence-electron chi connectivity index (χ4n) is 3.42. The number of nitrogens with zero attached hydrogens (tertiary/aromatic N) is 2. The Kier molecular flexibility index (Phi) is 7.55. The van der Waals surface area contributed by atoms with Crippen LogP contribution in [0.3, 0.4) is 0 Å². The van der Waals surface area contributed by atoms with Crippen LogP contribution >= 0.6 is 0 Å². The average molecular weight is 427 g/mol. The van der Waals surface area contributed by atoms with Gasteiger partial charge in [0.25, 0.3) is 11.6 Å². The van der Waals surface area contributed by atoms with Crippen LogP contribution in [-0.4, -0.2) is 55.8 Å². The summed E-state index contributed by atoms with van der Waals surface area (Å²) < 4.78 is 10.5. The molecular weight excluding hydrogens is 402 g/mol. The predicted octanol–water partition coefficient (Wildman–Crippen LogP) is 2.34. The fourth-order valence-corrected chi connectivity index (χ4v) is 3.42. The number of anilines is 1. The third-order valence-corrected chi connectivity index (χ3v) is 4.95. The average Bonchev–Trinajstić information content (AvgIpc) is 2.79. The van der Waals surface area contributed by atoms with Gasteiger partial charge < -0.3 is 19.7 Å². The lowest BCUT2D eigenvalue weighted by atomic mass is 10.0. The third-order valence-electron chi connectivity index (χ3n) is 4.95. The summed E-state index contributed by atoms with van der Waals surface area (Å²) in [6.07, 6.45) is 0.243. The van der Waals surface area contributed by atoms with Gasteiger partial charge >= 0.3 is 5.97 Å². The summed E-state index contributed by atoms with van der Waals surface area (Å²) in [5, 5.41) is 14.0. The van der Waals surface area contributed by atoms with Crippen molar-refractivity contribution < 1.29 is 24.0 Å². The van der Waals surface area contributed by atoms with Gasteiger partial charge in [0.1, 0.15) is 6.04 Å². The van der Waals surface area contributed by atoms with Crippen LogP contribution in [-0.2, 0) is 20.7 Å². The Hall–Kier alpha value is -3.46. The minimum atomic E-state index is -0.924. The molecule has 3 rings (SSSR count). The summed E-state index contributed by atoms with van der Waals surface area (Å²) >= 11 is 0. The lowest BCUT2D eigenvalue weighted by Crippen LogP contribution is -2.44. The van der Waals surface area contributed by atoms with Crippen LogP contribution in [0.2, 0.25) is 0 Å². The monoisotopic (exact) mass is 427 g/mol. The highest BCUT2D eigenvalue weighted by Crippen LogP contribution is 2.26. The number of esters is 1. The maximum absolute atomic E-state index is 13.2. The Labute approximate surface area is 180 Å². The molecule has 2 aromatic carbocycles. The van der Waals surface area contributed by atoms with Gasteiger partial charge in [-0.3, -0.25) is 14.9 Å². The van der Waals surface area contributed by atoms with Gasteiger partial charge in [0, 0.05) is 31.6 Å². The van der Waals surface area contributed by atoms with Gasteiger partial charge in [0.15, 0.2) is 0 Å². The van der Waals surface area contributed by atoms with Gasteiger partial charge in [0.05, 0.1) is 36.0 Å². The number of ether oxygens (including phenoxy) is 2. The minimum absolute atomic E-state index is 0.137. The number of benzene rings is 2. The quantitative estimate of drug-likeness (QED) is 0.391. The molecule has 1 unspecified atom stereocenters. The van der Waals surface area contributed by atoms with Crippen LogP contribution in [0.25, 0.3) is 0 Å². The van der Waals surface area contributed by atoms with Gasteiger partial charge in [-0.15, -0.1) is 0 Å². The predicted molar refractivity (Wildman–Crippen MR) is 114 cm³/mol. The maximum atomic E-state index is 13.2.